The summed E-state index contributed by atoms with van der Waals surface area (Å²) in [5, 5.41) is 7.46. The third-order valence-corrected chi connectivity index (χ3v) is 7.17. The zero-order chi connectivity index (χ0) is 20.4. The first-order chi connectivity index (χ1) is 14.9. The summed E-state index contributed by atoms with van der Waals surface area (Å²) in [6.45, 7) is 2.29. The lowest BCUT2D eigenvalue weighted by Gasteiger charge is -2.27. The Morgan fingerprint density at radius 1 is 0.533 bits per heavy atom. The van der Waals surface area contributed by atoms with Crippen LogP contribution in [0.3, 0.4) is 0 Å². The summed E-state index contributed by atoms with van der Waals surface area (Å²) < 4.78 is 0. The van der Waals surface area contributed by atoms with Gasteiger partial charge in [-0.15, -0.1) is 0 Å². The van der Waals surface area contributed by atoms with Gasteiger partial charge in [-0.25, -0.2) is 0 Å². The fourth-order valence-corrected chi connectivity index (χ4v) is 5.46. The molecule has 0 saturated carbocycles. The first kappa shape index (κ1) is 21.6. The predicted molar refractivity (Wildman–Crippen MR) is 128 cm³/mol. The second kappa shape index (κ2) is 11.7. The van der Waals surface area contributed by atoms with Crippen molar-refractivity contribution in [2.75, 3.05) is 13.1 Å². The largest absolute Gasteiger partial charge is 0.310 e. The highest BCUT2D eigenvalue weighted by atomic mass is 14.9. The van der Waals surface area contributed by atoms with Crippen molar-refractivity contribution in [3.05, 3.63) is 70.8 Å². The van der Waals surface area contributed by atoms with Gasteiger partial charge in [0.2, 0.25) is 0 Å². The summed E-state index contributed by atoms with van der Waals surface area (Å²) >= 11 is 0. The Kier molecular flexibility index (Phi) is 8.40. The average molecular weight is 405 g/mol. The number of hydrogen-bond donors (Lipinski definition) is 2. The van der Waals surface area contributed by atoms with Gasteiger partial charge < -0.3 is 10.6 Å². The molecule has 30 heavy (non-hydrogen) atoms. The van der Waals surface area contributed by atoms with Crippen molar-refractivity contribution >= 4 is 0 Å². The van der Waals surface area contributed by atoms with E-state index < -0.39 is 0 Å². The van der Waals surface area contributed by atoms with Crippen molar-refractivity contribution in [3.8, 4) is 0 Å². The Labute approximate surface area is 183 Å². The Morgan fingerprint density at radius 3 is 1.40 bits per heavy atom. The molecular weight excluding hydrogens is 364 g/mol. The quantitative estimate of drug-likeness (QED) is 0.409. The van der Waals surface area contributed by atoms with Crippen LogP contribution < -0.4 is 10.6 Å². The molecule has 2 aliphatic heterocycles. The van der Waals surface area contributed by atoms with Gasteiger partial charge in [0.05, 0.1) is 0 Å². The van der Waals surface area contributed by atoms with Gasteiger partial charge in [0.15, 0.2) is 0 Å². The van der Waals surface area contributed by atoms with E-state index >= 15 is 0 Å². The summed E-state index contributed by atoms with van der Waals surface area (Å²) in [7, 11) is 0. The molecule has 2 nitrogen and oxygen atoms in total. The molecule has 2 heterocycles. The minimum atomic E-state index is 0.591. The predicted octanol–water partition coefficient (Wildman–Crippen LogP) is 6.66. The number of hydrogen-bond acceptors (Lipinski definition) is 2. The lowest BCUT2D eigenvalue weighted by Crippen LogP contribution is -2.29. The van der Waals surface area contributed by atoms with Gasteiger partial charge >= 0.3 is 0 Å². The van der Waals surface area contributed by atoms with Gasteiger partial charge in [0.1, 0.15) is 0 Å². The van der Waals surface area contributed by atoms with Crippen molar-refractivity contribution in [2.45, 2.75) is 89.1 Å². The van der Waals surface area contributed by atoms with Crippen LogP contribution in [0.1, 0.15) is 98.5 Å². The topological polar surface area (TPSA) is 24.1 Å². The minimum Gasteiger partial charge on any atom is -0.310 e. The third-order valence-electron chi connectivity index (χ3n) is 7.17. The van der Waals surface area contributed by atoms with E-state index in [0.29, 0.717) is 12.1 Å². The average Bonchev–Trinajstić information content (AvgIpc) is 2.80. The molecule has 0 bridgehead atoms. The van der Waals surface area contributed by atoms with Crippen LogP contribution in [0.5, 0.6) is 0 Å². The van der Waals surface area contributed by atoms with Gasteiger partial charge in [-0.1, -0.05) is 99.9 Å². The Balaban J connectivity index is 1.03. The van der Waals surface area contributed by atoms with E-state index in [1.54, 1.807) is 22.3 Å². The molecule has 0 spiro atoms. The van der Waals surface area contributed by atoms with E-state index in [1.165, 1.54) is 77.0 Å². The van der Waals surface area contributed by atoms with Crippen LogP contribution in [-0.2, 0) is 12.8 Å². The highest BCUT2D eigenvalue weighted by Gasteiger charge is 2.19. The zero-order valence-electron chi connectivity index (χ0n) is 18.7. The maximum absolute atomic E-state index is 3.73. The van der Waals surface area contributed by atoms with Crippen LogP contribution in [0.4, 0.5) is 0 Å². The van der Waals surface area contributed by atoms with Crippen LogP contribution in [0, 0.1) is 0 Å². The van der Waals surface area contributed by atoms with Crippen LogP contribution in [0.15, 0.2) is 48.5 Å². The zero-order valence-corrected chi connectivity index (χ0v) is 18.7. The summed E-state index contributed by atoms with van der Waals surface area (Å²) in [6.07, 6.45) is 16.1. The van der Waals surface area contributed by atoms with Crippen molar-refractivity contribution in [1.82, 2.24) is 10.6 Å². The van der Waals surface area contributed by atoms with Crippen molar-refractivity contribution in [2.24, 2.45) is 0 Å². The maximum atomic E-state index is 3.73. The molecule has 2 aromatic rings. The number of unbranched alkanes of at least 4 members (excludes halogenated alkanes) is 7. The number of nitrogens with one attached hydrogen (secondary N) is 2. The summed E-state index contributed by atoms with van der Waals surface area (Å²) in [4.78, 5) is 0. The van der Waals surface area contributed by atoms with Gasteiger partial charge in [-0.3, -0.25) is 0 Å². The summed E-state index contributed by atoms with van der Waals surface area (Å²) in [6, 6.07) is 19.2. The fraction of sp³-hybridized carbons (Fsp3) is 0.571. The molecule has 2 unspecified atom stereocenters. The Bertz CT molecular complexity index is 703. The van der Waals surface area contributed by atoms with Gasteiger partial charge in [0.25, 0.3) is 0 Å². The van der Waals surface area contributed by atoms with Crippen LogP contribution >= 0.6 is 0 Å². The monoisotopic (exact) mass is 404 g/mol. The standard InChI is InChI=1S/C28H40N2/c1(3-5-7-17-27-25-15-11-9-13-23(25)19-21-29-27)2-4-6-8-18-28-26-16-12-10-14-24(26)20-22-30-28/h9-16,27-30H,1-8,17-22H2. The molecule has 2 atom stereocenters. The van der Waals surface area contributed by atoms with E-state index in [2.05, 4.69) is 59.2 Å². The molecular formula is C28H40N2. The van der Waals surface area contributed by atoms with E-state index in [-0.39, 0.29) is 0 Å². The van der Waals surface area contributed by atoms with E-state index in [4.69, 9.17) is 0 Å². The fourth-order valence-electron chi connectivity index (χ4n) is 5.46. The molecule has 2 N–H and O–H groups in total. The molecule has 0 aliphatic carbocycles. The van der Waals surface area contributed by atoms with Crippen molar-refractivity contribution in [1.29, 1.82) is 0 Å². The smallest absolute Gasteiger partial charge is 0.0323 e. The summed E-state index contributed by atoms with van der Waals surface area (Å²) in [5.41, 5.74) is 6.24. The van der Waals surface area contributed by atoms with Crippen LogP contribution in [0.2, 0.25) is 0 Å². The van der Waals surface area contributed by atoms with E-state index in [1.807, 2.05) is 0 Å². The molecule has 0 aromatic heterocycles. The molecule has 0 saturated heterocycles. The molecule has 0 radical (unpaired) electrons. The first-order valence-electron chi connectivity index (χ1n) is 12.5. The molecule has 0 fully saturated rings. The number of benzene rings is 2. The van der Waals surface area contributed by atoms with E-state index in [0.717, 1.165) is 13.1 Å². The van der Waals surface area contributed by atoms with Crippen molar-refractivity contribution in [3.63, 3.8) is 0 Å². The normalized spacial score (nSPS) is 20.5. The second-order valence-corrected chi connectivity index (χ2v) is 9.32. The molecule has 2 aliphatic rings. The number of rotatable bonds is 11. The van der Waals surface area contributed by atoms with Gasteiger partial charge in [-0.2, -0.15) is 0 Å². The van der Waals surface area contributed by atoms with Crippen molar-refractivity contribution < 1.29 is 0 Å². The Morgan fingerprint density at radius 2 is 0.933 bits per heavy atom. The van der Waals surface area contributed by atoms with Crippen LogP contribution in [-0.4, -0.2) is 13.1 Å². The maximum Gasteiger partial charge on any atom is 0.0323 e. The lowest BCUT2D eigenvalue weighted by atomic mass is 9.91. The van der Waals surface area contributed by atoms with E-state index in [9.17, 15) is 0 Å². The molecule has 2 aromatic carbocycles. The molecule has 2 heteroatoms. The second-order valence-electron chi connectivity index (χ2n) is 9.32. The van der Waals surface area contributed by atoms with Gasteiger partial charge in [-0.05, 0) is 61.0 Å². The number of fused-ring (bicyclic) bond motifs is 2. The minimum absolute atomic E-state index is 0.591. The third kappa shape index (κ3) is 5.95. The molecule has 0 amide bonds. The Hall–Kier alpha value is -1.64. The van der Waals surface area contributed by atoms with Crippen LogP contribution in [0.25, 0.3) is 0 Å². The summed E-state index contributed by atoms with van der Waals surface area (Å²) in [5.74, 6) is 0. The highest BCUT2D eigenvalue weighted by molar-refractivity contribution is 5.33. The van der Waals surface area contributed by atoms with Gasteiger partial charge in [0, 0.05) is 12.1 Å². The highest BCUT2D eigenvalue weighted by Crippen LogP contribution is 2.28. The SMILES string of the molecule is c1ccc2c(c1)CCNC2CCCCCCCCCCC1NCCc2ccccc21. The molecule has 162 valence electrons. The lowest BCUT2D eigenvalue weighted by molar-refractivity contribution is 0.440. The molecule has 4 rings (SSSR count). The first-order valence-corrected chi connectivity index (χ1v) is 12.5.